The third-order valence-electron chi connectivity index (χ3n) is 4.85. The lowest BCUT2D eigenvalue weighted by Crippen LogP contribution is -2.28. The third-order valence-corrected chi connectivity index (χ3v) is 4.85. The van der Waals surface area contributed by atoms with Crippen LogP contribution in [-0.4, -0.2) is 27.9 Å². The monoisotopic (exact) mass is 262 g/mol. The van der Waals surface area contributed by atoms with E-state index in [0.29, 0.717) is 6.04 Å². The van der Waals surface area contributed by atoms with Crippen LogP contribution in [0.2, 0.25) is 0 Å². The molecule has 0 bridgehead atoms. The third kappa shape index (κ3) is 2.04. The van der Waals surface area contributed by atoms with Gasteiger partial charge in [0, 0.05) is 13.2 Å². The molecule has 1 aromatic rings. The van der Waals surface area contributed by atoms with Gasteiger partial charge in [-0.05, 0) is 38.0 Å². The summed E-state index contributed by atoms with van der Waals surface area (Å²) in [5.74, 6) is 2.67. The van der Waals surface area contributed by atoms with Crippen molar-refractivity contribution in [3.63, 3.8) is 0 Å². The van der Waals surface area contributed by atoms with Gasteiger partial charge in [-0.25, -0.2) is 4.68 Å². The molecule has 0 radical (unpaired) electrons. The predicted molar refractivity (Wildman–Crippen MR) is 72.1 cm³/mol. The summed E-state index contributed by atoms with van der Waals surface area (Å²) < 4.78 is 7.87. The SMILES string of the molecule is C1COC(c2nc3n(n2)C(C2CCCC2)CCN3)C1. The van der Waals surface area contributed by atoms with Crippen LogP contribution >= 0.6 is 0 Å². The normalized spacial score (nSPS) is 31.4. The molecular weight excluding hydrogens is 240 g/mol. The quantitative estimate of drug-likeness (QED) is 0.890. The van der Waals surface area contributed by atoms with E-state index < -0.39 is 0 Å². The summed E-state index contributed by atoms with van der Waals surface area (Å²) in [7, 11) is 0. The zero-order chi connectivity index (χ0) is 12.7. The Balaban J connectivity index is 1.62. The fourth-order valence-electron chi connectivity index (χ4n) is 3.84. The first-order chi connectivity index (χ1) is 9.42. The van der Waals surface area contributed by atoms with Gasteiger partial charge >= 0.3 is 0 Å². The summed E-state index contributed by atoms with van der Waals surface area (Å²) >= 11 is 0. The van der Waals surface area contributed by atoms with Crippen LogP contribution in [0.4, 0.5) is 5.95 Å². The number of fused-ring (bicyclic) bond motifs is 1. The van der Waals surface area contributed by atoms with Gasteiger partial charge in [0.05, 0.1) is 6.04 Å². The number of ether oxygens (including phenoxy) is 1. The van der Waals surface area contributed by atoms with E-state index in [9.17, 15) is 0 Å². The van der Waals surface area contributed by atoms with E-state index in [-0.39, 0.29) is 6.10 Å². The minimum Gasteiger partial charge on any atom is -0.370 e. The Bertz CT molecular complexity index is 446. The molecule has 1 aliphatic carbocycles. The van der Waals surface area contributed by atoms with Crippen molar-refractivity contribution >= 4 is 5.95 Å². The molecule has 1 saturated carbocycles. The number of nitrogens with zero attached hydrogens (tertiary/aromatic N) is 3. The fourth-order valence-corrected chi connectivity index (χ4v) is 3.84. The van der Waals surface area contributed by atoms with Crippen LogP contribution in [0.15, 0.2) is 0 Å². The maximum atomic E-state index is 5.71. The van der Waals surface area contributed by atoms with Crippen LogP contribution in [-0.2, 0) is 4.74 Å². The van der Waals surface area contributed by atoms with Crippen LogP contribution in [0.5, 0.6) is 0 Å². The van der Waals surface area contributed by atoms with E-state index in [1.165, 1.54) is 32.1 Å². The Morgan fingerprint density at radius 2 is 2.00 bits per heavy atom. The summed E-state index contributed by atoms with van der Waals surface area (Å²) in [5.41, 5.74) is 0. The van der Waals surface area contributed by atoms with Crippen LogP contribution in [0.25, 0.3) is 0 Å². The summed E-state index contributed by atoms with van der Waals surface area (Å²) in [6, 6.07) is 0.557. The zero-order valence-corrected chi connectivity index (χ0v) is 11.3. The van der Waals surface area contributed by atoms with Crippen LogP contribution in [0.1, 0.15) is 62.9 Å². The highest BCUT2D eigenvalue weighted by Gasteiger charge is 2.33. The van der Waals surface area contributed by atoms with Gasteiger partial charge in [0.25, 0.3) is 0 Å². The van der Waals surface area contributed by atoms with Gasteiger partial charge in [-0.15, -0.1) is 0 Å². The van der Waals surface area contributed by atoms with Crippen LogP contribution in [0, 0.1) is 5.92 Å². The average Bonchev–Trinajstić information content (AvgIpc) is 3.18. The van der Waals surface area contributed by atoms with Crippen molar-refractivity contribution in [3.05, 3.63) is 5.82 Å². The van der Waals surface area contributed by atoms with E-state index >= 15 is 0 Å². The molecule has 0 spiro atoms. The van der Waals surface area contributed by atoms with E-state index in [0.717, 1.165) is 43.7 Å². The molecule has 0 amide bonds. The van der Waals surface area contributed by atoms with Crippen LogP contribution in [0.3, 0.4) is 0 Å². The lowest BCUT2D eigenvalue weighted by molar-refractivity contribution is 0.104. The van der Waals surface area contributed by atoms with Gasteiger partial charge in [0.15, 0.2) is 5.82 Å². The van der Waals surface area contributed by atoms with Gasteiger partial charge in [0.2, 0.25) is 5.95 Å². The molecule has 2 unspecified atom stereocenters. The topological polar surface area (TPSA) is 52.0 Å². The first-order valence-electron chi connectivity index (χ1n) is 7.74. The Labute approximate surface area is 113 Å². The second-order valence-corrected chi connectivity index (χ2v) is 6.07. The molecule has 104 valence electrons. The Morgan fingerprint density at radius 3 is 2.79 bits per heavy atom. The highest BCUT2D eigenvalue weighted by molar-refractivity contribution is 5.29. The minimum absolute atomic E-state index is 0.129. The molecule has 3 aliphatic rings. The lowest BCUT2D eigenvalue weighted by Gasteiger charge is -2.28. The van der Waals surface area contributed by atoms with Gasteiger partial charge in [-0.3, -0.25) is 0 Å². The molecule has 2 fully saturated rings. The molecule has 19 heavy (non-hydrogen) atoms. The number of nitrogens with one attached hydrogen (secondary N) is 1. The molecule has 4 rings (SSSR count). The maximum Gasteiger partial charge on any atom is 0.221 e. The van der Waals surface area contributed by atoms with Crippen molar-refractivity contribution in [3.8, 4) is 0 Å². The van der Waals surface area contributed by atoms with Crippen molar-refractivity contribution in [1.29, 1.82) is 0 Å². The Kier molecular flexibility index (Phi) is 2.94. The highest BCUT2D eigenvalue weighted by Crippen LogP contribution is 2.39. The summed E-state index contributed by atoms with van der Waals surface area (Å²) in [4.78, 5) is 4.67. The Morgan fingerprint density at radius 1 is 1.11 bits per heavy atom. The number of rotatable bonds is 2. The lowest BCUT2D eigenvalue weighted by atomic mass is 9.95. The van der Waals surface area contributed by atoms with Crippen molar-refractivity contribution in [2.45, 2.75) is 57.1 Å². The van der Waals surface area contributed by atoms with Crippen molar-refractivity contribution in [2.24, 2.45) is 5.92 Å². The second-order valence-electron chi connectivity index (χ2n) is 6.07. The summed E-state index contributed by atoms with van der Waals surface area (Å²) in [6.07, 6.45) is 9.01. The molecule has 5 heteroatoms. The standard InChI is InChI=1S/C14H22N4O/c1-2-5-10(4-1)11-7-8-15-14-16-13(17-18(11)14)12-6-3-9-19-12/h10-12H,1-9H2,(H,15,16,17). The molecule has 1 saturated heterocycles. The highest BCUT2D eigenvalue weighted by atomic mass is 16.5. The molecule has 5 nitrogen and oxygen atoms in total. The number of hydrogen-bond donors (Lipinski definition) is 1. The predicted octanol–water partition coefficient (Wildman–Crippen LogP) is 2.68. The molecule has 2 aliphatic heterocycles. The molecular formula is C14H22N4O. The number of hydrogen-bond acceptors (Lipinski definition) is 4. The maximum absolute atomic E-state index is 5.71. The van der Waals surface area contributed by atoms with Crippen molar-refractivity contribution in [2.75, 3.05) is 18.5 Å². The van der Waals surface area contributed by atoms with Gasteiger partial charge in [-0.2, -0.15) is 10.1 Å². The van der Waals surface area contributed by atoms with Crippen molar-refractivity contribution in [1.82, 2.24) is 14.8 Å². The molecule has 1 aromatic heterocycles. The van der Waals surface area contributed by atoms with Gasteiger partial charge < -0.3 is 10.1 Å². The Hall–Kier alpha value is -1.10. The molecule has 3 heterocycles. The summed E-state index contributed by atoms with van der Waals surface area (Å²) in [5, 5.41) is 8.17. The zero-order valence-electron chi connectivity index (χ0n) is 11.3. The first kappa shape index (κ1) is 11.7. The molecule has 0 aromatic carbocycles. The number of anilines is 1. The smallest absolute Gasteiger partial charge is 0.221 e. The molecule has 2 atom stereocenters. The summed E-state index contributed by atoms with van der Waals surface area (Å²) in [6.45, 7) is 1.89. The largest absolute Gasteiger partial charge is 0.370 e. The van der Waals surface area contributed by atoms with E-state index in [1.54, 1.807) is 0 Å². The fraction of sp³-hybridized carbons (Fsp3) is 0.857. The molecule has 1 N–H and O–H groups in total. The average molecular weight is 262 g/mol. The van der Waals surface area contributed by atoms with Gasteiger partial charge in [-0.1, -0.05) is 12.8 Å². The van der Waals surface area contributed by atoms with Gasteiger partial charge in [0.1, 0.15) is 6.10 Å². The van der Waals surface area contributed by atoms with E-state index in [4.69, 9.17) is 9.84 Å². The second kappa shape index (κ2) is 4.78. The first-order valence-corrected chi connectivity index (χ1v) is 7.74. The number of aromatic nitrogens is 3. The minimum atomic E-state index is 0.129. The van der Waals surface area contributed by atoms with Crippen molar-refractivity contribution < 1.29 is 4.74 Å². The van der Waals surface area contributed by atoms with E-state index in [2.05, 4.69) is 15.0 Å². The van der Waals surface area contributed by atoms with Crippen LogP contribution < -0.4 is 5.32 Å². The van der Waals surface area contributed by atoms with E-state index in [1.807, 2.05) is 0 Å².